The van der Waals surface area contributed by atoms with Crippen molar-refractivity contribution in [1.29, 1.82) is 0 Å². The Morgan fingerprint density at radius 3 is 2.31 bits per heavy atom. The summed E-state index contributed by atoms with van der Waals surface area (Å²) in [6, 6.07) is 20.9. The lowest BCUT2D eigenvalue weighted by molar-refractivity contribution is -0.137. The van der Waals surface area contributed by atoms with Gasteiger partial charge in [0.2, 0.25) is 5.91 Å². The molecule has 0 unspecified atom stereocenters. The summed E-state index contributed by atoms with van der Waals surface area (Å²) < 4.78 is 10.8. The van der Waals surface area contributed by atoms with Crippen LogP contribution in [0, 0.1) is 6.92 Å². The number of ether oxygens (including phenoxy) is 1. The number of anilines is 1. The van der Waals surface area contributed by atoms with Crippen LogP contribution in [0.1, 0.15) is 35.4 Å². The fourth-order valence-electron chi connectivity index (χ4n) is 4.95. The second-order valence-electron chi connectivity index (χ2n) is 9.40. The van der Waals surface area contributed by atoms with Gasteiger partial charge in [0.1, 0.15) is 18.2 Å². The molecule has 3 N–H and O–H groups in total. The van der Waals surface area contributed by atoms with Gasteiger partial charge in [-0.3, -0.25) is 9.59 Å². The first-order valence-corrected chi connectivity index (χ1v) is 12.5. The first kappa shape index (κ1) is 25.7. The SMILES string of the molecule is Cc1cc(=O)oc2cc(NC(=O)[C@H](CCC(=O)O)NC(=O)OCC3c4ccccc4-c4ccccc43)ccc12. The van der Waals surface area contributed by atoms with E-state index in [0.717, 1.165) is 27.8 Å². The third-order valence-electron chi connectivity index (χ3n) is 6.82. The van der Waals surface area contributed by atoms with Crippen LogP contribution in [0.4, 0.5) is 10.5 Å². The molecule has 9 nitrogen and oxygen atoms in total. The number of alkyl carbamates (subject to hydrolysis) is 1. The number of rotatable bonds is 8. The number of benzene rings is 3. The van der Waals surface area contributed by atoms with E-state index < -0.39 is 29.6 Å². The molecule has 1 aromatic heterocycles. The van der Waals surface area contributed by atoms with Crippen molar-refractivity contribution in [3.8, 4) is 11.1 Å². The van der Waals surface area contributed by atoms with Crippen LogP contribution >= 0.6 is 0 Å². The summed E-state index contributed by atoms with van der Waals surface area (Å²) in [6.07, 6.45) is -1.32. The van der Waals surface area contributed by atoms with Gasteiger partial charge < -0.3 is 24.9 Å². The smallest absolute Gasteiger partial charge is 0.407 e. The number of carbonyl (C=O) groups is 3. The normalized spacial score (nSPS) is 12.8. The number of carbonyl (C=O) groups excluding carboxylic acids is 2. The second kappa shape index (κ2) is 10.8. The molecule has 39 heavy (non-hydrogen) atoms. The zero-order valence-electron chi connectivity index (χ0n) is 21.1. The maximum Gasteiger partial charge on any atom is 0.407 e. The number of aliphatic carboxylic acids is 1. The molecular weight excluding hydrogens is 500 g/mol. The van der Waals surface area contributed by atoms with Crippen LogP contribution in [-0.4, -0.2) is 35.7 Å². The molecule has 1 aliphatic carbocycles. The van der Waals surface area contributed by atoms with Gasteiger partial charge in [0, 0.05) is 35.5 Å². The number of carboxylic acids is 1. The molecule has 4 aromatic rings. The number of carboxylic acid groups (broad SMARTS) is 1. The Bertz CT molecular complexity index is 1600. The Hall–Kier alpha value is -4.92. The molecule has 3 aromatic carbocycles. The minimum absolute atomic E-state index is 0.0518. The van der Waals surface area contributed by atoms with E-state index in [9.17, 15) is 19.2 Å². The van der Waals surface area contributed by atoms with E-state index >= 15 is 0 Å². The Morgan fingerprint density at radius 1 is 0.974 bits per heavy atom. The number of hydrogen-bond donors (Lipinski definition) is 3. The van der Waals surface area contributed by atoms with Crippen molar-refractivity contribution in [1.82, 2.24) is 5.32 Å². The van der Waals surface area contributed by atoms with Gasteiger partial charge in [-0.1, -0.05) is 48.5 Å². The van der Waals surface area contributed by atoms with E-state index in [0.29, 0.717) is 16.7 Å². The summed E-state index contributed by atoms with van der Waals surface area (Å²) in [5.74, 6) is -1.89. The molecule has 0 fully saturated rings. The molecular formula is C30H26N2O7. The molecule has 5 rings (SSSR count). The first-order valence-electron chi connectivity index (χ1n) is 12.5. The highest BCUT2D eigenvalue weighted by Gasteiger charge is 2.30. The van der Waals surface area contributed by atoms with E-state index in [4.69, 9.17) is 14.3 Å². The predicted octanol–water partition coefficient (Wildman–Crippen LogP) is 4.81. The van der Waals surface area contributed by atoms with Crippen LogP contribution in [-0.2, 0) is 14.3 Å². The Balaban J connectivity index is 1.28. The molecule has 1 aliphatic rings. The van der Waals surface area contributed by atoms with Crippen molar-refractivity contribution in [2.45, 2.75) is 31.7 Å². The standard InChI is InChI=1S/C30H26N2O7/c1-17-14-28(35)39-26-15-18(10-11-19(17)26)31-29(36)25(12-13-27(33)34)32-30(37)38-16-24-22-8-4-2-6-20(22)21-7-3-5-9-23(21)24/h2-11,14-15,24-25H,12-13,16H2,1H3,(H,31,36)(H,32,37)(H,33,34)/t25-/m0/s1. The summed E-state index contributed by atoms with van der Waals surface area (Å²) in [6.45, 7) is 1.83. The minimum Gasteiger partial charge on any atom is -0.481 e. The highest BCUT2D eigenvalue weighted by Crippen LogP contribution is 2.44. The van der Waals surface area contributed by atoms with E-state index in [-0.39, 0.29) is 25.4 Å². The Morgan fingerprint density at radius 2 is 1.64 bits per heavy atom. The van der Waals surface area contributed by atoms with Crippen molar-refractivity contribution in [3.05, 3.63) is 99.9 Å². The fourth-order valence-corrected chi connectivity index (χ4v) is 4.95. The van der Waals surface area contributed by atoms with Gasteiger partial charge >= 0.3 is 17.7 Å². The summed E-state index contributed by atoms with van der Waals surface area (Å²) in [5, 5.41) is 15.0. The number of fused-ring (bicyclic) bond motifs is 4. The van der Waals surface area contributed by atoms with Crippen molar-refractivity contribution in [2.24, 2.45) is 0 Å². The quantitative estimate of drug-likeness (QED) is 0.280. The third kappa shape index (κ3) is 5.52. The van der Waals surface area contributed by atoms with E-state index in [2.05, 4.69) is 10.6 Å². The molecule has 1 heterocycles. The third-order valence-corrected chi connectivity index (χ3v) is 6.82. The lowest BCUT2D eigenvalue weighted by atomic mass is 9.98. The van der Waals surface area contributed by atoms with E-state index in [1.807, 2.05) is 48.5 Å². The Labute approximate surface area is 223 Å². The Kier molecular flexibility index (Phi) is 7.14. The minimum atomic E-state index is -1.17. The lowest BCUT2D eigenvalue weighted by Crippen LogP contribution is -2.44. The number of amides is 2. The number of nitrogens with one attached hydrogen (secondary N) is 2. The fraction of sp³-hybridized carbons (Fsp3) is 0.200. The largest absolute Gasteiger partial charge is 0.481 e. The summed E-state index contributed by atoms with van der Waals surface area (Å²) in [7, 11) is 0. The van der Waals surface area contributed by atoms with Crippen LogP contribution < -0.4 is 16.3 Å². The molecule has 0 saturated carbocycles. The molecule has 1 atom stereocenters. The van der Waals surface area contributed by atoms with Crippen LogP contribution in [0.2, 0.25) is 0 Å². The highest BCUT2D eigenvalue weighted by atomic mass is 16.5. The van der Waals surface area contributed by atoms with Crippen LogP contribution in [0.5, 0.6) is 0 Å². The maximum atomic E-state index is 13.1. The zero-order valence-corrected chi connectivity index (χ0v) is 21.1. The summed E-state index contributed by atoms with van der Waals surface area (Å²) >= 11 is 0. The van der Waals surface area contributed by atoms with Crippen molar-refractivity contribution in [2.75, 3.05) is 11.9 Å². The molecule has 0 radical (unpaired) electrons. The average molecular weight is 527 g/mol. The number of hydrogen-bond acceptors (Lipinski definition) is 6. The molecule has 0 aliphatic heterocycles. The van der Waals surface area contributed by atoms with Gasteiger partial charge in [0.25, 0.3) is 0 Å². The van der Waals surface area contributed by atoms with Crippen molar-refractivity contribution >= 4 is 34.6 Å². The molecule has 0 spiro atoms. The first-order chi connectivity index (χ1) is 18.8. The van der Waals surface area contributed by atoms with Crippen molar-refractivity contribution in [3.63, 3.8) is 0 Å². The predicted molar refractivity (Wildman–Crippen MR) is 145 cm³/mol. The monoisotopic (exact) mass is 526 g/mol. The van der Waals surface area contributed by atoms with Gasteiger partial charge in [-0.05, 0) is 53.3 Å². The topological polar surface area (TPSA) is 135 Å². The summed E-state index contributed by atoms with van der Waals surface area (Å²) in [4.78, 5) is 48.8. The summed E-state index contributed by atoms with van der Waals surface area (Å²) in [5.41, 5.74) is 5.11. The van der Waals surface area contributed by atoms with Gasteiger partial charge in [0.15, 0.2) is 0 Å². The highest BCUT2D eigenvalue weighted by molar-refractivity contribution is 5.98. The van der Waals surface area contributed by atoms with E-state index in [1.165, 1.54) is 12.1 Å². The molecule has 198 valence electrons. The zero-order chi connectivity index (χ0) is 27.5. The lowest BCUT2D eigenvalue weighted by Gasteiger charge is -2.19. The second-order valence-corrected chi connectivity index (χ2v) is 9.40. The number of aryl methyl sites for hydroxylation is 1. The molecule has 9 heteroatoms. The van der Waals surface area contributed by atoms with Crippen molar-refractivity contribution < 1.29 is 28.6 Å². The maximum absolute atomic E-state index is 13.1. The molecule has 2 amide bonds. The van der Waals surface area contributed by atoms with Gasteiger partial charge in [-0.2, -0.15) is 0 Å². The molecule has 0 saturated heterocycles. The van der Waals surface area contributed by atoms with Crippen LogP contribution in [0.3, 0.4) is 0 Å². The van der Waals surface area contributed by atoms with Gasteiger partial charge in [-0.15, -0.1) is 0 Å². The van der Waals surface area contributed by atoms with Crippen LogP contribution in [0.15, 0.2) is 82.0 Å². The molecule has 0 bridgehead atoms. The van der Waals surface area contributed by atoms with E-state index in [1.54, 1.807) is 19.1 Å². The van der Waals surface area contributed by atoms with Gasteiger partial charge in [0.05, 0.1) is 0 Å². The average Bonchev–Trinajstić information content (AvgIpc) is 3.23. The van der Waals surface area contributed by atoms with Crippen LogP contribution in [0.25, 0.3) is 22.1 Å². The van der Waals surface area contributed by atoms with Gasteiger partial charge in [-0.25, -0.2) is 9.59 Å².